The number of carbonyl (C=O) groups excluding carboxylic acids is 2. The number of hydrogen-bond acceptors (Lipinski definition) is 4. The molecule has 0 bridgehead atoms. The number of halogens is 1. The molecule has 1 aliphatic rings. The van der Waals surface area contributed by atoms with E-state index >= 15 is 0 Å². The monoisotopic (exact) mass is 560 g/mol. The Morgan fingerprint density at radius 3 is 1.95 bits per heavy atom. The number of rotatable bonds is 13. The standard InChI is InChI=1S/C32H37BrN2O2/c1-2-3-4-5-6-7-8-9-10-11-12-22-13-15-23(16-14-22)35-24-17-18-25-27(21-24)32(37)29-26(31(25)36)19-20-28(33)30(29)34/h13-21,35H,2-12,34H2,1H3. The van der Waals surface area contributed by atoms with Crippen LogP contribution in [0, 0.1) is 0 Å². The van der Waals surface area contributed by atoms with Crippen LogP contribution >= 0.6 is 15.9 Å². The molecule has 4 rings (SSSR count). The lowest BCUT2D eigenvalue weighted by Gasteiger charge is -2.20. The van der Waals surface area contributed by atoms with Crippen molar-refractivity contribution in [3.8, 4) is 0 Å². The summed E-state index contributed by atoms with van der Waals surface area (Å²) in [6.07, 6.45) is 14.6. The quantitative estimate of drug-likeness (QED) is 0.126. The van der Waals surface area contributed by atoms with Crippen LogP contribution in [0.5, 0.6) is 0 Å². The summed E-state index contributed by atoms with van der Waals surface area (Å²) >= 11 is 3.36. The number of nitrogen functional groups attached to an aromatic ring is 1. The first-order valence-electron chi connectivity index (χ1n) is 13.7. The second kappa shape index (κ2) is 13.0. The fourth-order valence-corrected chi connectivity index (χ4v) is 5.38. The lowest BCUT2D eigenvalue weighted by molar-refractivity contribution is 0.0979. The first-order chi connectivity index (χ1) is 18.0. The Balaban J connectivity index is 1.29. The van der Waals surface area contributed by atoms with Gasteiger partial charge in [0.05, 0.1) is 11.3 Å². The van der Waals surface area contributed by atoms with E-state index < -0.39 is 0 Å². The molecule has 0 heterocycles. The van der Waals surface area contributed by atoms with Gasteiger partial charge in [0.1, 0.15) is 0 Å². The first kappa shape index (κ1) is 27.1. The summed E-state index contributed by atoms with van der Waals surface area (Å²) in [5, 5.41) is 3.37. The smallest absolute Gasteiger partial charge is 0.196 e. The molecule has 0 amide bonds. The number of fused-ring (bicyclic) bond motifs is 2. The largest absolute Gasteiger partial charge is 0.397 e. The van der Waals surface area contributed by atoms with Gasteiger partial charge in [0.2, 0.25) is 0 Å². The Morgan fingerprint density at radius 2 is 1.27 bits per heavy atom. The van der Waals surface area contributed by atoms with E-state index in [4.69, 9.17) is 5.73 Å². The minimum absolute atomic E-state index is 0.174. The molecule has 5 heteroatoms. The fourth-order valence-electron chi connectivity index (χ4n) is 5.05. The van der Waals surface area contributed by atoms with Crippen LogP contribution in [0.2, 0.25) is 0 Å². The number of benzene rings is 3. The van der Waals surface area contributed by atoms with Crippen molar-refractivity contribution in [3.05, 3.63) is 86.9 Å². The van der Waals surface area contributed by atoms with Gasteiger partial charge in [-0.1, -0.05) is 76.8 Å². The number of hydrogen-bond donors (Lipinski definition) is 2. The lowest BCUT2D eigenvalue weighted by atomic mass is 9.83. The van der Waals surface area contributed by atoms with Gasteiger partial charge < -0.3 is 11.1 Å². The molecule has 3 N–H and O–H groups in total. The Morgan fingerprint density at radius 1 is 0.676 bits per heavy atom. The number of ketones is 2. The van der Waals surface area contributed by atoms with Gasteiger partial charge in [-0.05, 0) is 76.8 Å². The molecule has 194 valence electrons. The van der Waals surface area contributed by atoms with E-state index in [1.54, 1.807) is 24.3 Å². The third-order valence-electron chi connectivity index (χ3n) is 7.23. The highest BCUT2D eigenvalue weighted by molar-refractivity contribution is 9.10. The molecule has 0 radical (unpaired) electrons. The predicted octanol–water partition coefficient (Wildman–Crippen LogP) is 9.01. The number of nitrogens with two attached hydrogens (primary N) is 1. The highest BCUT2D eigenvalue weighted by Crippen LogP contribution is 2.36. The molecule has 0 aromatic heterocycles. The maximum atomic E-state index is 13.2. The molecule has 3 aromatic rings. The molecule has 0 unspecified atom stereocenters. The summed E-state index contributed by atoms with van der Waals surface area (Å²) < 4.78 is 0.614. The van der Waals surface area contributed by atoms with E-state index in [-0.39, 0.29) is 17.1 Å². The molecule has 3 aromatic carbocycles. The van der Waals surface area contributed by atoms with Crippen molar-refractivity contribution in [2.24, 2.45) is 0 Å². The Labute approximate surface area is 229 Å². The van der Waals surface area contributed by atoms with Crippen LogP contribution in [0.1, 0.15) is 109 Å². The van der Waals surface area contributed by atoms with Gasteiger partial charge in [-0.2, -0.15) is 0 Å². The zero-order valence-electron chi connectivity index (χ0n) is 21.7. The van der Waals surface area contributed by atoms with Crippen LogP contribution in [0.25, 0.3) is 0 Å². The van der Waals surface area contributed by atoms with Gasteiger partial charge in [0, 0.05) is 32.5 Å². The summed E-state index contributed by atoms with van der Waals surface area (Å²) in [6.45, 7) is 2.27. The van der Waals surface area contributed by atoms with Gasteiger partial charge in [-0.15, -0.1) is 0 Å². The lowest BCUT2D eigenvalue weighted by Crippen LogP contribution is -2.22. The molecule has 37 heavy (non-hydrogen) atoms. The fraction of sp³-hybridized carbons (Fsp3) is 0.375. The molecule has 0 spiro atoms. The van der Waals surface area contributed by atoms with Crippen molar-refractivity contribution in [3.63, 3.8) is 0 Å². The van der Waals surface area contributed by atoms with Crippen molar-refractivity contribution in [1.82, 2.24) is 0 Å². The minimum atomic E-state index is -0.223. The topological polar surface area (TPSA) is 72.2 Å². The summed E-state index contributed by atoms with van der Waals surface area (Å²) in [4.78, 5) is 26.2. The molecule has 0 saturated heterocycles. The van der Waals surface area contributed by atoms with E-state index in [9.17, 15) is 9.59 Å². The van der Waals surface area contributed by atoms with Crippen molar-refractivity contribution in [2.75, 3.05) is 11.1 Å². The molecular weight excluding hydrogens is 524 g/mol. The zero-order chi connectivity index (χ0) is 26.2. The number of aryl methyl sites for hydroxylation is 1. The maximum absolute atomic E-state index is 13.2. The van der Waals surface area contributed by atoms with Crippen LogP contribution < -0.4 is 11.1 Å². The average molecular weight is 562 g/mol. The number of nitrogens with one attached hydrogen (secondary N) is 1. The van der Waals surface area contributed by atoms with E-state index in [1.807, 2.05) is 6.07 Å². The molecule has 0 atom stereocenters. The van der Waals surface area contributed by atoms with Gasteiger partial charge in [-0.3, -0.25) is 9.59 Å². The molecular formula is C32H37BrN2O2. The third kappa shape index (κ3) is 6.70. The summed E-state index contributed by atoms with van der Waals surface area (Å²) in [7, 11) is 0. The minimum Gasteiger partial charge on any atom is -0.397 e. The molecule has 0 saturated carbocycles. The van der Waals surface area contributed by atoms with Crippen LogP contribution in [0.4, 0.5) is 17.1 Å². The van der Waals surface area contributed by atoms with Crippen LogP contribution in [-0.4, -0.2) is 11.6 Å². The number of anilines is 3. The van der Waals surface area contributed by atoms with Crippen LogP contribution in [0.3, 0.4) is 0 Å². The summed E-state index contributed by atoms with van der Waals surface area (Å²) in [6, 6.07) is 17.1. The molecule has 0 aliphatic heterocycles. The maximum Gasteiger partial charge on any atom is 0.196 e. The third-order valence-corrected chi connectivity index (χ3v) is 7.93. The van der Waals surface area contributed by atoms with Crippen molar-refractivity contribution < 1.29 is 9.59 Å². The second-order valence-electron chi connectivity index (χ2n) is 10.1. The van der Waals surface area contributed by atoms with Crippen molar-refractivity contribution in [2.45, 2.75) is 77.6 Å². The normalized spacial score (nSPS) is 12.4. The highest BCUT2D eigenvalue weighted by atomic mass is 79.9. The van der Waals surface area contributed by atoms with E-state index in [0.29, 0.717) is 26.9 Å². The SMILES string of the molecule is CCCCCCCCCCCCc1ccc(Nc2ccc3c(c2)C(=O)c2c(ccc(Br)c2N)C3=O)cc1. The van der Waals surface area contributed by atoms with Gasteiger partial charge in [-0.25, -0.2) is 0 Å². The number of unbranched alkanes of at least 4 members (excludes halogenated alkanes) is 9. The van der Waals surface area contributed by atoms with E-state index in [1.165, 1.54) is 69.8 Å². The Hall–Kier alpha value is -2.92. The van der Waals surface area contributed by atoms with Gasteiger partial charge >= 0.3 is 0 Å². The Kier molecular flexibility index (Phi) is 9.56. The zero-order valence-corrected chi connectivity index (χ0v) is 23.3. The molecule has 4 nitrogen and oxygen atoms in total. The first-order valence-corrected chi connectivity index (χ1v) is 14.5. The number of carbonyl (C=O) groups is 2. The summed E-state index contributed by atoms with van der Waals surface area (Å²) in [5.41, 5.74) is 10.9. The Bertz CT molecular complexity index is 1250. The second-order valence-corrected chi connectivity index (χ2v) is 10.9. The van der Waals surface area contributed by atoms with Crippen molar-refractivity contribution >= 4 is 44.6 Å². The van der Waals surface area contributed by atoms with Gasteiger partial charge in [0.15, 0.2) is 11.6 Å². The molecule has 1 aliphatic carbocycles. The predicted molar refractivity (Wildman–Crippen MR) is 157 cm³/mol. The summed E-state index contributed by atoms with van der Waals surface area (Å²) in [5.74, 6) is -0.398. The molecule has 0 fully saturated rings. The van der Waals surface area contributed by atoms with Crippen LogP contribution in [0.15, 0.2) is 59.1 Å². The van der Waals surface area contributed by atoms with E-state index in [2.05, 4.69) is 52.4 Å². The van der Waals surface area contributed by atoms with Gasteiger partial charge in [0.25, 0.3) is 0 Å². The average Bonchev–Trinajstić information content (AvgIpc) is 2.91. The highest BCUT2D eigenvalue weighted by Gasteiger charge is 2.32. The van der Waals surface area contributed by atoms with Crippen molar-refractivity contribution in [1.29, 1.82) is 0 Å². The van der Waals surface area contributed by atoms with Crippen LogP contribution in [-0.2, 0) is 6.42 Å². The van der Waals surface area contributed by atoms with E-state index in [0.717, 1.165) is 17.8 Å².